The molecular weight excluding hydrogens is 692 g/mol. The van der Waals surface area contributed by atoms with Crippen LogP contribution in [0.15, 0.2) is 118 Å². The Hall–Kier alpha value is -6.18. The first-order valence-corrected chi connectivity index (χ1v) is 17.4. The molecular formula is C40H48N6O8. The Morgan fingerprint density at radius 3 is 1.15 bits per heavy atom. The summed E-state index contributed by atoms with van der Waals surface area (Å²) in [4.78, 5) is 56.3. The molecule has 0 amide bonds. The van der Waals surface area contributed by atoms with Crippen molar-refractivity contribution in [1.82, 2.24) is 20.6 Å². The number of nitrogens with one attached hydrogen (secondary N) is 2. The lowest BCUT2D eigenvalue weighted by Gasteiger charge is -2.26. The first-order chi connectivity index (χ1) is 25.4. The third-order valence-electron chi connectivity index (χ3n) is 8.05. The number of dihydropyridines is 2. The second kappa shape index (κ2) is 19.1. The van der Waals surface area contributed by atoms with Crippen LogP contribution in [-0.2, 0) is 19.1 Å². The maximum atomic E-state index is 12.6. The van der Waals surface area contributed by atoms with Crippen LogP contribution in [0, 0.1) is 34.1 Å². The van der Waals surface area contributed by atoms with Gasteiger partial charge >= 0.3 is 11.9 Å². The molecule has 0 fully saturated rings. The molecule has 2 aliphatic heterocycles. The molecule has 2 N–H and O–H groups in total. The average molecular weight is 741 g/mol. The molecule has 14 heteroatoms. The number of esters is 2. The maximum Gasteiger partial charge on any atom is 0.337 e. The highest BCUT2D eigenvalue weighted by Crippen LogP contribution is 2.39. The summed E-state index contributed by atoms with van der Waals surface area (Å²) < 4.78 is 10.6. The highest BCUT2D eigenvalue weighted by Gasteiger charge is 2.43. The number of nitrogens with zero attached hydrogens (tertiary/aromatic N) is 4. The zero-order valence-corrected chi connectivity index (χ0v) is 32.3. The highest BCUT2D eigenvalue weighted by atomic mass is 16.6. The van der Waals surface area contributed by atoms with Crippen molar-refractivity contribution in [2.24, 2.45) is 0 Å². The molecule has 5 rings (SSSR count). The van der Waals surface area contributed by atoms with Crippen LogP contribution < -0.4 is 10.6 Å². The highest BCUT2D eigenvalue weighted by molar-refractivity contribution is 5.93. The lowest BCUT2D eigenvalue weighted by Crippen LogP contribution is -2.32. The monoisotopic (exact) mass is 740 g/mol. The van der Waals surface area contributed by atoms with Gasteiger partial charge in [0, 0.05) is 22.8 Å². The second-order valence-corrected chi connectivity index (χ2v) is 13.2. The Morgan fingerprint density at radius 2 is 0.889 bits per heavy atom. The van der Waals surface area contributed by atoms with Crippen LogP contribution in [0.25, 0.3) is 0 Å². The van der Waals surface area contributed by atoms with Crippen LogP contribution in [-0.4, -0.2) is 44.0 Å². The molecule has 14 nitrogen and oxygen atoms in total. The molecule has 2 atom stereocenters. The summed E-state index contributed by atoms with van der Waals surface area (Å²) in [6.07, 6.45) is -0.648. The van der Waals surface area contributed by atoms with Crippen molar-refractivity contribution in [2.45, 2.75) is 93.3 Å². The van der Waals surface area contributed by atoms with Gasteiger partial charge in [0.2, 0.25) is 0 Å². The van der Waals surface area contributed by atoms with Crippen LogP contribution in [0.2, 0.25) is 0 Å². The number of aromatic nitrogens is 2. The van der Waals surface area contributed by atoms with Gasteiger partial charge < -0.3 is 20.1 Å². The van der Waals surface area contributed by atoms with Gasteiger partial charge in [0.25, 0.3) is 11.4 Å². The van der Waals surface area contributed by atoms with Crippen molar-refractivity contribution in [3.63, 3.8) is 0 Å². The molecule has 0 saturated carbocycles. The van der Waals surface area contributed by atoms with Crippen molar-refractivity contribution in [3.05, 3.63) is 161 Å². The summed E-state index contributed by atoms with van der Waals surface area (Å²) in [5, 5.41) is 29.1. The molecule has 286 valence electrons. The van der Waals surface area contributed by atoms with Crippen LogP contribution in [0.3, 0.4) is 0 Å². The molecule has 0 bridgehead atoms. The molecule has 4 heterocycles. The number of hydrogen-bond donors (Lipinski definition) is 2. The van der Waals surface area contributed by atoms with Crippen molar-refractivity contribution in [2.75, 3.05) is 0 Å². The Bertz CT molecular complexity index is 1850. The number of benzene rings is 1. The minimum absolute atomic E-state index is 0.0885. The fourth-order valence-corrected chi connectivity index (χ4v) is 5.96. The molecule has 0 unspecified atom stereocenters. The molecule has 3 aromatic rings. The van der Waals surface area contributed by atoms with Crippen LogP contribution in [0.5, 0.6) is 0 Å². The first-order valence-electron chi connectivity index (χ1n) is 17.4. The van der Waals surface area contributed by atoms with Gasteiger partial charge in [0.1, 0.15) is 11.8 Å². The summed E-state index contributed by atoms with van der Waals surface area (Å²) in [5.74, 6) is -2.88. The van der Waals surface area contributed by atoms with Gasteiger partial charge in [-0.1, -0.05) is 48.5 Å². The van der Waals surface area contributed by atoms with Gasteiger partial charge in [-0.2, -0.15) is 0 Å². The van der Waals surface area contributed by atoms with E-state index in [-0.39, 0.29) is 34.7 Å². The van der Waals surface area contributed by atoms with Crippen molar-refractivity contribution in [3.8, 4) is 0 Å². The quantitative estimate of drug-likeness (QED) is 0.133. The average Bonchev–Trinajstić information content (AvgIpc) is 3.07. The van der Waals surface area contributed by atoms with Crippen LogP contribution >= 0.6 is 0 Å². The molecule has 54 heavy (non-hydrogen) atoms. The smallest absolute Gasteiger partial charge is 0.337 e. The molecule has 0 spiro atoms. The van der Waals surface area contributed by atoms with E-state index in [0.717, 1.165) is 11.4 Å². The van der Waals surface area contributed by atoms with Crippen LogP contribution in [0.4, 0.5) is 0 Å². The number of carbonyl (C=O) groups excluding carboxylic acids is 2. The first kappa shape index (κ1) is 42.2. The number of allylic oxidation sites excluding steroid dienone is 6. The van der Waals surface area contributed by atoms with E-state index < -0.39 is 33.6 Å². The zero-order chi connectivity index (χ0) is 40.3. The van der Waals surface area contributed by atoms with E-state index in [4.69, 9.17) is 9.47 Å². The second-order valence-electron chi connectivity index (χ2n) is 13.2. The van der Waals surface area contributed by atoms with Crippen molar-refractivity contribution >= 4 is 11.9 Å². The summed E-state index contributed by atoms with van der Waals surface area (Å²) >= 11 is 0. The molecule has 0 radical (unpaired) electrons. The van der Waals surface area contributed by atoms with E-state index in [1.165, 1.54) is 0 Å². The fourth-order valence-electron chi connectivity index (χ4n) is 5.96. The molecule has 0 aliphatic carbocycles. The minimum atomic E-state index is -0.868. The fraction of sp³-hybridized carbons (Fsp3) is 0.350. The maximum absolute atomic E-state index is 12.6. The largest absolute Gasteiger partial charge is 0.460 e. The van der Waals surface area contributed by atoms with Gasteiger partial charge in [-0.05, 0) is 93.5 Å². The van der Waals surface area contributed by atoms with Crippen molar-refractivity contribution in [1.29, 1.82) is 0 Å². The van der Waals surface area contributed by atoms with Gasteiger partial charge in [-0.3, -0.25) is 30.2 Å². The zero-order valence-electron chi connectivity index (χ0n) is 32.3. The van der Waals surface area contributed by atoms with Gasteiger partial charge in [0.15, 0.2) is 0 Å². The predicted molar refractivity (Wildman–Crippen MR) is 203 cm³/mol. The third-order valence-corrected chi connectivity index (χ3v) is 8.05. The van der Waals surface area contributed by atoms with Crippen LogP contribution in [0.1, 0.15) is 90.0 Å². The SMILES string of the molecule is CC1=C(C(=O)OC(C)C)[C@@H](c2cccc(C)n2)C([N+](=O)[O-])=C(C)N1.CC1=C(C(=O)OC(C)C)[C@H](c2cccc(C)n2)C([N+](=O)[O-])=C(C)N1.c1ccccc1. The van der Waals surface area contributed by atoms with E-state index >= 15 is 0 Å². The summed E-state index contributed by atoms with van der Waals surface area (Å²) in [6, 6.07) is 22.5. The summed E-state index contributed by atoms with van der Waals surface area (Å²) in [7, 11) is 0. The number of rotatable bonds is 8. The van der Waals surface area contributed by atoms with Crippen molar-refractivity contribution < 1.29 is 28.9 Å². The number of ether oxygens (including phenoxy) is 2. The Kier molecular flexibility index (Phi) is 14.9. The standard InChI is InChI=1S/2C17H21N3O4.C6H6/c2*1-9(2)24-17(21)14-11(4)19-12(5)16(20(22)23)15(14)13-8-6-7-10(3)18-13;1-2-4-6-5-3-1/h2*6-9,15,19H,1-5H3;1-6H/t2*15-;/m10./s1. The summed E-state index contributed by atoms with van der Waals surface area (Å²) in [5.41, 5.74) is 4.49. The molecule has 2 aliphatic rings. The van der Waals surface area contributed by atoms with Gasteiger partial charge in [0.05, 0.1) is 56.0 Å². The van der Waals surface area contributed by atoms with E-state index in [1.54, 1.807) is 106 Å². The normalized spacial score (nSPS) is 16.7. The van der Waals surface area contributed by atoms with Gasteiger partial charge in [-0.25, -0.2) is 9.59 Å². The van der Waals surface area contributed by atoms with E-state index in [9.17, 15) is 29.8 Å². The number of nitro groups is 2. The Balaban J connectivity index is 0.000000251. The third kappa shape index (κ3) is 10.9. The lowest BCUT2D eigenvalue weighted by molar-refractivity contribution is -0.431. The molecule has 2 aromatic heterocycles. The number of pyridine rings is 2. The molecule has 1 aromatic carbocycles. The van der Waals surface area contributed by atoms with E-state index in [2.05, 4.69) is 20.6 Å². The topological polar surface area (TPSA) is 189 Å². The van der Waals surface area contributed by atoms with Gasteiger partial charge in [-0.15, -0.1) is 0 Å². The Morgan fingerprint density at radius 1 is 0.574 bits per heavy atom. The number of carbonyl (C=O) groups is 2. The lowest BCUT2D eigenvalue weighted by atomic mass is 9.86. The summed E-state index contributed by atoms with van der Waals surface area (Å²) in [6.45, 7) is 17.2. The van der Waals surface area contributed by atoms with E-state index in [0.29, 0.717) is 34.2 Å². The minimum Gasteiger partial charge on any atom is -0.460 e. The Labute approximate surface area is 315 Å². The van der Waals surface area contributed by atoms with E-state index in [1.807, 2.05) is 36.4 Å². The molecule has 0 saturated heterocycles. The number of hydrogen-bond acceptors (Lipinski definition) is 12. The predicted octanol–water partition coefficient (Wildman–Crippen LogP) is 7.31. The number of aryl methyl sites for hydroxylation is 2.